The number of aromatic nitrogens is 7. The third-order valence-electron chi connectivity index (χ3n) is 15.3. The van der Waals surface area contributed by atoms with Gasteiger partial charge >= 0.3 is 0 Å². The number of benzene rings is 10. The van der Waals surface area contributed by atoms with Crippen LogP contribution in [0.3, 0.4) is 0 Å². The Morgan fingerprint density at radius 2 is 0.861 bits per heavy atom. The van der Waals surface area contributed by atoms with Crippen LogP contribution in [-0.2, 0) is 5.41 Å². The molecule has 0 amide bonds. The van der Waals surface area contributed by atoms with Gasteiger partial charge in [0.15, 0.2) is 11.6 Å². The number of nitrogens with zero attached hydrogens (tertiary/aromatic N) is 7. The van der Waals surface area contributed by atoms with E-state index in [-0.39, 0.29) is 0 Å². The van der Waals surface area contributed by atoms with Crippen LogP contribution >= 0.6 is 0 Å². The molecule has 334 valence electrons. The predicted octanol–water partition coefficient (Wildman–Crippen LogP) is 15.1. The van der Waals surface area contributed by atoms with Crippen molar-refractivity contribution in [3.63, 3.8) is 0 Å². The summed E-state index contributed by atoms with van der Waals surface area (Å²) in [5.41, 5.74) is 18.4. The van der Waals surface area contributed by atoms with Gasteiger partial charge in [-0.15, -0.1) is 0 Å². The standard InChI is InChI=1S/C65H39N7/c1-4-18-40(19-5-1)61-67-62(41-20-6-2-7-21-41)69-64(68-61)72-56-35-33-42(36-48(56)50-39-59-49(38-60(50)72)47-25-11-15-29-55(47)70(59)44-22-8-3-9-23-44)43-32-34-46-45-24-10-12-26-51(45)65(53(46)37-43)52-27-13-16-30-57(52)71-58-31-17-14-28-54(58)66-63(65)71/h1-39H. The second-order valence-electron chi connectivity index (χ2n) is 19.0. The van der Waals surface area contributed by atoms with Crippen LogP contribution in [0, 0.1) is 0 Å². The first kappa shape index (κ1) is 39.2. The van der Waals surface area contributed by atoms with E-state index < -0.39 is 5.41 Å². The minimum Gasteiger partial charge on any atom is -0.309 e. The third kappa shape index (κ3) is 5.28. The molecule has 0 bridgehead atoms. The van der Waals surface area contributed by atoms with Crippen LogP contribution in [0.25, 0.3) is 117 Å². The Morgan fingerprint density at radius 1 is 0.306 bits per heavy atom. The van der Waals surface area contributed by atoms with Gasteiger partial charge in [0.25, 0.3) is 0 Å². The van der Waals surface area contributed by atoms with E-state index in [9.17, 15) is 0 Å². The fraction of sp³-hybridized carbons (Fsp3) is 0.0154. The van der Waals surface area contributed by atoms with Crippen molar-refractivity contribution in [1.29, 1.82) is 0 Å². The van der Waals surface area contributed by atoms with Gasteiger partial charge in [0.05, 0.1) is 38.8 Å². The lowest BCUT2D eigenvalue weighted by atomic mass is 9.72. The maximum absolute atomic E-state index is 5.51. The van der Waals surface area contributed by atoms with Gasteiger partial charge in [0.1, 0.15) is 11.2 Å². The molecule has 0 N–H and O–H groups in total. The van der Waals surface area contributed by atoms with Crippen LogP contribution in [0.5, 0.6) is 0 Å². The lowest BCUT2D eigenvalue weighted by molar-refractivity contribution is 0.738. The summed E-state index contributed by atoms with van der Waals surface area (Å²) in [7, 11) is 0. The number of imidazole rings is 1. The van der Waals surface area contributed by atoms with Gasteiger partial charge in [0.2, 0.25) is 5.95 Å². The van der Waals surface area contributed by atoms with E-state index in [1.165, 1.54) is 38.9 Å². The first-order valence-electron chi connectivity index (χ1n) is 24.5. The summed E-state index contributed by atoms with van der Waals surface area (Å²) < 4.78 is 7.04. The molecule has 10 aromatic carbocycles. The summed E-state index contributed by atoms with van der Waals surface area (Å²) >= 11 is 0. The van der Waals surface area contributed by atoms with Gasteiger partial charge in [-0.25, -0.2) is 9.97 Å². The van der Waals surface area contributed by atoms with Crippen molar-refractivity contribution in [3.8, 4) is 62.4 Å². The molecule has 1 aliphatic heterocycles. The summed E-state index contributed by atoms with van der Waals surface area (Å²) in [5.74, 6) is 2.82. The Morgan fingerprint density at radius 3 is 1.64 bits per heavy atom. The molecule has 0 radical (unpaired) electrons. The van der Waals surface area contributed by atoms with Crippen LogP contribution in [0.2, 0.25) is 0 Å². The lowest BCUT2D eigenvalue weighted by Crippen LogP contribution is -2.27. The minimum absolute atomic E-state index is 0.557. The number of fused-ring (bicyclic) bond motifs is 18. The summed E-state index contributed by atoms with van der Waals surface area (Å²) in [6.07, 6.45) is 0. The molecule has 7 heteroatoms. The summed E-state index contributed by atoms with van der Waals surface area (Å²) in [6, 6.07) is 84.9. The molecule has 0 saturated carbocycles. The topological polar surface area (TPSA) is 66.3 Å². The molecule has 0 saturated heterocycles. The van der Waals surface area contributed by atoms with Gasteiger partial charge in [0, 0.05) is 38.4 Å². The van der Waals surface area contributed by atoms with Crippen LogP contribution in [0.1, 0.15) is 22.5 Å². The number of rotatable bonds is 5. The molecular weight excluding hydrogens is 879 g/mol. The third-order valence-corrected chi connectivity index (χ3v) is 15.3. The average molecular weight is 918 g/mol. The van der Waals surface area contributed by atoms with Crippen molar-refractivity contribution in [3.05, 3.63) is 259 Å². The van der Waals surface area contributed by atoms with E-state index in [0.717, 1.165) is 83.0 Å². The number of hydrogen-bond acceptors (Lipinski definition) is 4. The zero-order valence-electron chi connectivity index (χ0n) is 38.6. The molecule has 16 rings (SSSR count). The molecule has 14 aromatic rings. The molecular formula is C65H39N7. The quantitative estimate of drug-likeness (QED) is 0.172. The molecule has 72 heavy (non-hydrogen) atoms. The molecule has 2 aliphatic rings. The predicted molar refractivity (Wildman–Crippen MR) is 290 cm³/mol. The molecule has 5 heterocycles. The number of hydrogen-bond donors (Lipinski definition) is 0. The largest absolute Gasteiger partial charge is 0.309 e. The average Bonchev–Trinajstić information content (AvgIpc) is 4.23. The second-order valence-corrected chi connectivity index (χ2v) is 19.0. The monoisotopic (exact) mass is 917 g/mol. The first-order valence-corrected chi connectivity index (χ1v) is 24.5. The lowest BCUT2D eigenvalue weighted by Gasteiger charge is -2.27. The van der Waals surface area contributed by atoms with E-state index in [4.69, 9.17) is 19.9 Å². The van der Waals surface area contributed by atoms with Crippen LogP contribution < -0.4 is 0 Å². The van der Waals surface area contributed by atoms with Gasteiger partial charge in [-0.2, -0.15) is 9.97 Å². The Balaban J connectivity index is 0.977. The van der Waals surface area contributed by atoms with Crippen molar-refractivity contribution in [2.45, 2.75) is 5.41 Å². The molecule has 4 aromatic heterocycles. The molecule has 1 spiro atoms. The molecule has 7 nitrogen and oxygen atoms in total. The van der Waals surface area contributed by atoms with Crippen molar-refractivity contribution in [2.24, 2.45) is 0 Å². The fourth-order valence-corrected chi connectivity index (χ4v) is 12.2. The van der Waals surface area contributed by atoms with Crippen LogP contribution in [-0.4, -0.2) is 33.6 Å². The minimum atomic E-state index is -0.611. The SMILES string of the molecule is c1ccc(-c2nc(-c3ccccc3)nc(-n3c4ccc(-c5ccc6c(c5)C5(c7ccccc7-6)c6ccccc6-n6c5nc5ccccc56)cc4c4cc5c(cc43)c3ccccc3n5-c3ccccc3)n2)cc1. The summed E-state index contributed by atoms with van der Waals surface area (Å²) in [5, 5.41) is 4.53. The van der Waals surface area contributed by atoms with Gasteiger partial charge in [-0.3, -0.25) is 9.13 Å². The van der Waals surface area contributed by atoms with Crippen molar-refractivity contribution in [1.82, 2.24) is 33.6 Å². The van der Waals surface area contributed by atoms with Crippen molar-refractivity contribution in [2.75, 3.05) is 0 Å². The molecule has 0 fully saturated rings. The maximum atomic E-state index is 5.51. The van der Waals surface area contributed by atoms with Gasteiger partial charge in [-0.1, -0.05) is 170 Å². The maximum Gasteiger partial charge on any atom is 0.238 e. The van der Waals surface area contributed by atoms with Crippen molar-refractivity contribution < 1.29 is 0 Å². The Bertz CT molecular complexity index is 4510. The first-order chi connectivity index (χ1) is 35.7. The molecule has 1 unspecified atom stereocenters. The highest BCUT2D eigenvalue weighted by Crippen LogP contribution is 2.61. The normalized spacial score (nSPS) is 14.4. The van der Waals surface area contributed by atoms with E-state index in [1.54, 1.807) is 0 Å². The van der Waals surface area contributed by atoms with E-state index >= 15 is 0 Å². The van der Waals surface area contributed by atoms with Gasteiger partial charge in [-0.05, 0) is 106 Å². The van der Waals surface area contributed by atoms with Crippen molar-refractivity contribution >= 4 is 54.6 Å². The Labute approximate surface area is 413 Å². The van der Waals surface area contributed by atoms with Crippen LogP contribution in [0.4, 0.5) is 0 Å². The van der Waals surface area contributed by atoms with Crippen LogP contribution in [0.15, 0.2) is 237 Å². The highest BCUT2D eigenvalue weighted by Gasteiger charge is 2.54. The fourth-order valence-electron chi connectivity index (χ4n) is 12.2. The summed E-state index contributed by atoms with van der Waals surface area (Å²) in [6.45, 7) is 0. The highest BCUT2D eigenvalue weighted by atomic mass is 15.2. The van der Waals surface area contributed by atoms with E-state index in [2.05, 4.69) is 214 Å². The zero-order chi connectivity index (χ0) is 47.1. The van der Waals surface area contributed by atoms with E-state index in [0.29, 0.717) is 17.6 Å². The Hall–Kier alpha value is -9.72. The van der Waals surface area contributed by atoms with E-state index in [1.807, 2.05) is 36.4 Å². The second kappa shape index (κ2) is 14.7. The molecule has 1 atom stereocenters. The smallest absolute Gasteiger partial charge is 0.238 e. The Kier molecular flexibility index (Phi) is 7.97. The highest BCUT2D eigenvalue weighted by molar-refractivity contribution is 6.19. The molecule has 1 aliphatic carbocycles. The number of para-hydroxylation sites is 5. The summed E-state index contributed by atoms with van der Waals surface area (Å²) in [4.78, 5) is 21.3. The van der Waals surface area contributed by atoms with Gasteiger partial charge < -0.3 is 4.57 Å². The zero-order valence-corrected chi connectivity index (χ0v) is 38.6.